The molecule has 0 saturated heterocycles. The maximum absolute atomic E-state index is 12.5. The van der Waals surface area contributed by atoms with Crippen LogP contribution in [0.5, 0.6) is 0 Å². The van der Waals surface area contributed by atoms with Crippen LogP contribution in [0, 0.1) is 0 Å². The summed E-state index contributed by atoms with van der Waals surface area (Å²) in [6.45, 7) is 1.66. The Labute approximate surface area is 164 Å². The zero-order chi connectivity index (χ0) is 19.8. The number of carboxylic acid groups (broad SMARTS) is 1. The number of aliphatic carboxylic acids is 1. The smallest absolute Gasteiger partial charge is 0.305 e. The molecule has 0 spiro atoms. The van der Waals surface area contributed by atoms with E-state index in [4.69, 9.17) is 5.11 Å². The number of carbonyl (C=O) groups excluding carboxylic acids is 2. The molecule has 1 aromatic rings. The van der Waals surface area contributed by atoms with Gasteiger partial charge in [0.2, 0.25) is 5.91 Å². The Morgan fingerprint density at radius 3 is 2.56 bits per heavy atom. The first-order valence-electron chi connectivity index (χ1n) is 9.38. The molecule has 1 unspecified atom stereocenters. The second kappa shape index (κ2) is 10.3. The summed E-state index contributed by atoms with van der Waals surface area (Å²) in [6.07, 6.45) is 5.59. The minimum absolute atomic E-state index is 0.0707. The maximum atomic E-state index is 12.5. The van der Waals surface area contributed by atoms with E-state index in [0.717, 1.165) is 17.7 Å². The van der Waals surface area contributed by atoms with Crippen LogP contribution in [0.2, 0.25) is 0 Å². The molecule has 1 atom stereocenters. The van der Waals surface area contributed by atoms with Crippen LogP contribution in [0.1, 0.15) is 55.8 Å². The largest absolute Gasteiger partial charge is 0.481 e. The van der Waals surface area contributed by atoms with Gasteiger partial charge in [0.25, 0.3) is 5.91 Å². The average molecular weight is 393 g/mol. The third-order valence-electron chi connectivity index (χ3n) is 4.86. The fourth-order valence-electron chi connectivity index (χ4n) is 3.31. The van der Waals surface area contributed by atoms with Crippen molar-refractivity contribution in [3.05, 3.63) is 29.8 Å². The van der Waals surface area contributed by atoms with Crippen LogP contribution in [0.25, 0.3) is 0 Å². The van der Waals surface area contributed by atoms with E-state index in [1.165, 1.54) is 31.0 Å². The maximum Gasteiger partial charge on any atom is 0.305 e. The van der Waals surface area contributed by atoms with Gasteiger partial charge in [-0.15, -0.1) is 11.8 Å². The highest BCUT2D eigenvalue weighted by Crippen LogP contribution is 2.25. The van der Waals surface area contributed by atoms with Crippen molar-refractivity contribution >= 4 is 29.5 Å². The predicted molar refractivity (Wildman–Crippen MR) is 106 cm³/mol. The van der Waals surface area contributed by atoms with Gasteiger partial charge in [0.05, 0.1) is 17.7 Å². The van der Waals surface area contributed by atoms with Crippen molar-refractivity contribution in [3.8, 4) is 0 Å². The molecule has 0 aliphatic heterocycles. The van der Waals surface area contributed by atoms with Gasteiger partial charge in [0.1, 0.15) is 0 Å². The molecular weight excluding hydrogens is 364 g/mol. The van der Waals surface area contributed by atoms with Gasteiger partial charge in [-0.05, 0) is 31.9 Å². The summed E-state index contributed by atoms with van der Waals surface area (Å²) in [4.78, 5) is 38.4. The van der Waals surface area contributed by atoms with Crippen LogP contribution in [0.4, 0.5) is 0 Å². The summed E-state index contributed by atoms with van der Waals surface area (Å²) in [5.41, 5.74) is 0.466. The number of carboxylic acids is 1. The van der Waals surface area contributed by atoms with E-state index in [0.29, 0.717) is 11.6 Å². The number of carbonyl (C=O) groups is 3. The fourth-order valence-corrected chi connectivity index (χ4v) is 4.28. The number of thioether (sulfide) groups is 1. The van der Waals surface area contributed by atoms with E-state index in [1.54, 1.807) is 19.1 Å². The number of benzene rings is 1. The third kappa shape index (κ3) is 6.57. The zero-order valence-corrected chi connectivity index (χ0v) is 16.8. The van der Waals surface area contributed by atoms with Crippen molar-refractivity contribution in [2.45, 2.75) is 62.4 Å². The van der Waals surface area contributed by atoms with Gasteiger partial charge in [-0.2, -0.15) is 0 Å². The normalized spacial score (nSPS) is 15.8. The molecule has 2 rings (SSSR count). The van der Waals surface area contributed by atoms with Gasteiger partial charge in [0.15, 0.2) is 0 Å². The van der Waals surface area contributed by atoms with Crippen LogP contribution in [-0.4, -0.2) is 52.7 Å². The first kappa shape index (κ1) is 21.3. The van der Waals surface area contributed by atoms with E-state index < -0.39 is 12.0 Å². The van der Waals surface area contributed by atoms with Crippen LogP contribution in [0.3, 0.4) is 0 Å². The van der Waals surface area contributed by atoms with Crippen molar-refractivity contribution < 1.29 is 19.5 Å². The van der Waals surface area contributed by atoms with Crippen LogP contribution in [0.15, 0.2) is 29.2 Å². The molecule has 1 aliphatic carbocycles. The van der Waals surface area contributed by atoms with Crippen molar-refractivity contribution in [2.75, 3.05) is 12.8 Å². The van der Waals surface area contributed by atoms with Crippen molar-refractivity contribution in [1.29, 1.82) is 0 Å². The minimum Gasteiger partial charge on any atom is -0.481 e. The predicted octanol–water partition coefficient (Wildman–Crippen LogP) is 3.16. The van der Waals surface area contributed by atoms with Crippen molar-refractivity contribution in [2.24, 2.45) is 0 Å². The Balaban J connectivity index is 1.95. The summed E-state index contributed by atoms with van der Waals surface area (Å²) < 4.78 is 0. The molecule has 7 heteroatoms. The lowest BCUT2D eigenvalue weighted by atomic mass is 9.94. The minimum atomic E-state index is -0.957. The summed E-state index contributed by atoms with van der Waals surface area (Å²) in [6, 6.07) is 6.95. The second-order valence-corrected chi connectivity index (χ2v) is 8.07. The number of rotatable bonds is 8. The first-order chi connectivity index (χ1) is 12.9. The van der Waals surface area contributed by atoms with E-state index in [1.807, 2.05) is 24.1 Å². The molecule has 148 valence electrons. The van der Waals surface area contributed by atoms with E-state index in [9.17, 15) is 14.4 Å². The SMILES string of the molecule is CC(CC(=O)O)NC(=O)c1ccccc1SCC(=O)N(C)C1CCCCC1. The highest BCUT2D eigenvalue weighted by Gasteiger charge is 2.22. The second-order valence-electron chi connectivity index (χ2n) is 7.05. The number of hydrogen-bond acceptors (Lipinski definition) is 4. The van der Waals surface area contributed by atoms with E-state index in [2.05, 4.69) is 5.32 Å². The van der Waals surface area contributed by atoms with Crippen LogP contribution in [-0.2, 0) is 9.59 Å². The Morgan fingerprint density at radius 1 is 1.22 bits per heavy atom. The Bertz CT molecular complexity index is 674. The van der Waals surface area contributed by atoms with E-state index >= 15 is 0 Å². The van der Waals surface area contributed by atoms with Gasteiger partial charge in [0, 0.05) is 24.0 Å². The monoisotopic (exact) mass is 392 g/mol. The molecule has 0 bridgehead atoms. The van der Waals surface area contributed by atoms with Crippen molar-refractivity contribution in [1.82, 2.24) is 10.2 Å². The summed E-state index contributed by atoms with van der Waals surface area (Å²) in [7, 11) is 1.87. The molecular formula is C20H28N2O4S. The Hall–Kier alpha value is -2.02. The summed E-state index contributed by atoms with van der Waals surface area (Å²) in [5, 5.41) is 11.5. The lowest BCUT2D eigenvalue weighted by Crippen LogP contribution is -2.39. The molecule has 1 fully saturated rings. The molecule has 0 heterocycles. The Morgan fingerprint density at radius 2 is 1.89 bits per heavy atom. The summed E-state index contributed by atoms with van der Waals surface area (Å²) >= 11 is 1.35. The van der Waals surface area contributed by atoms with E-state index in [-0.39, 0.29) is 24.0 Å². The first-order valence-corrected chi connectivity index (χ1v) is 10.4. The quantitative estimate of drug-likeness (QED) is 0.664. The summed E-state index contributed by atoms with van der Waals surface area (Å²) in [5.74, 6) is -0.926. The third-order valence-corrected chi connectivity index (χ3v) is 5.92. The molecule has 6 nitrogen and oxygen atoms in total. The molecule has 1 aliphatic rings. The van der Waals surface area contributed by atoms with Gasteiger partial charge >= 0.3 is 5.97 Å². The number of nitrogens with zero attached hydrogens (tertiary/aromatic N) is 1. The number of amides is 2. The highest BCUT2D eigenvalue weighted by molar-refractivity contribution is 8.00. The molecule has 1 aromatic carbocycles. The lowest BCUT2D eigenvalue weighted by molar-refractivity contribution is -0.137. The van der Waals surface area contributed by atoms with Gasteiger partial charge in [-0.3, -0.25) is 14.4 Å². The molecule has 27 heavy (non-hydrogen) atoms. The fraction of sp³-hybridized carbons (Fsp3) is 0.550. The Kier molecular flexibility index (Phi) is 8.16. The highest BCUT2D eigenvalue weighted by atomic mass is 32.2. The van der Waals surface area contributed by atoms with Crippen molar-refractivity contribution in [3.63, 3.8) is 0 Å². The van der Waals surface area contributed by atoms with Gasteiger partial charge < -0.3 is 15.3 Å². The standard InChI is InChI=1S/C20H28N2O4S/c1-14(12-19(24)25)21-20(26)16-10-6-7-11-17(16)27-13-18(23)22(2)15-8-4-3-5-9-15/h6-7,10-11,14-15H,3-5,8-9,12-13H2,1-2H3,(H,21,26)(H,24,25). The van der Waals surface area contributed by atoms with Gasteiger partial charge in [-0.1, -0.05) is 31.4 Å². The van der Waals surface area contributed by atoms with Gasteiger partial charge in [-0.25, -0.2) is 0 Å². The molecule has 2 amide bonds. The van der Waals surface area contributed by atoms with Crippen LogP contribution >= 0.6 is 11.8 Å². The van der Waals surface area contributed by atoms with Crippen LogP contribution < -0.4 is 5.32 Å². The molecule has 0 aromatic heterocycles. The number of hydrogen-bond donors (Lipinski definition) is 2. The zero-order valence-electron chi connectivity index (χ0n) is 15.9. The topological polar surface area (TPSA) is 86.7 Å². The molecule has 2 N–H and O–H groups in total. The molecule has 0 radical (unpaired) electrons. The molecule has 1 saturated carbocycles. The number of nitrogens with one attached hydrogen (secondary N) is 1. The average Bonchev–Trinajstić information content (AvgIpc) is 2.65. The lowest BCUT2D eigenvalue weighted by Gasteiger charge is -2.31.